The average molecular weight is 320 g/mol. The molecule has 0 saturated heterocycles. The molecular formula is C15H11F3N4O. The van der Waals surface area contributed by atoms with Crippen LogP contribution in [0.2, 0.25) is 0 Å². The summed E-state index contributed by atoms with van der Waals surface area (Å²) in [5, 5.41) is 10.2. The van der Waals surface area contributed by atoms with Gasteiger partial charge >= 0.3 is 6.18 Å². The zero-order valence-electron chi connectivity index (χ0n) is 11.7. The molecule has 0 bridgehead atoms. The first kappa shape index (κ1) is 15.0. The van der Waals surface area contributed by atoms with Crippen molar-refractivity contribution < 1.29 is 18.0 Å². The van der Waals surface area contributed by atoms with Gasteiger partial charge in [-0.3, -0.25) is 14.9 Å². The number of alkyl halides is 3. The molecule has 3 aromatic rings. The van der Waals surface area contributed by atoms with E-state index >= 15 is 0 Å². The van der Waals surface area contributed by atoms with Crippen molar-refractivity contribution in [2.75, 3.05) is 0 Å². The zero-order valence-corrected chi connectivity index (χ0v) is 11.7. The Kier molecular flexibility index (Phi) is 3.73. The van der Waals surface area contributed by atoms with Crippen LogP contribution in [0.4, 0.5) is 13.2 Å². The van der Waals surface area contributed by atoms with E-state index in [0.29, 0.717) is 0 Å². The van der Waals surface area contributed by atoms with E-state index in [0.717, 1.165) is 34.8 Å². The standard InChI is InChI=1S/C15H11F3N4O/c16-15(17,18)11-3-4-19-13(6-11)14(23)20-7-9-1-2-10-8-21-22-12(10)5-9/h1-6,8H,7H2,(H,20,23)(H,21,22). The molecule has 2 aromatic heterocycles. The lowest BCUT2D eigenvalue weighted by atomic mass is 10.1. The van der Waals surface area contributed by atoms with Crippen molar-refractivity contribution in [2.45, 2.75) is 12.7 Å². The molecule has 0 saturated carbocycles. The summed E-state index contributed by atoms with van der Waals surface area (Å²) in [4.78, 5) is 15.6. The molecule has 0 fully saturated rings. The van der Waals surface area contributed by atoms with Crippen molar-refractivity contribution in [1.29, 1.82) is 0 Å². The number of carbonyl (C=O) groups is 1. The number of nitrogens with zero attached hydrogens (tertiary/aromatic N) is 2. The van der Waals surface area contributed by atoms with Crippen LogP contribution in [0.3, 0.4) is 0 Å². The number of carbonyl (C=O) groups excluding carboxylic acids is 1. The number of aromatic amines is 1. The second-order valence-corrected chi connectivity index (χ2v) is 4.90. The Morgan fingerprint density at radius 3 is 2.83 bits per heavy atom. The van der Waals surface area contributed by atoms with Gasteiger partial charge < -0.3 is 5.32 Å². The van der Waals surface area contributed by atoms with Crippen LogP contribution in [-0.4, -0.2) is 21.1 Å². The van der Waals surface area contributed by atoms with Gasteiger partial charge in [-0.1, -0.05) is 12.1 Å². The fourth-order valence-electron chi connectivity index (χ4n) is 2.10. The normalized spacial score (nSPS) is 11.6. The number of fused-ring (bicyclic) bond motifs is 1. The second kappa shape index (κ2) is 5.71. The number of hydrogen-bond acceptors (Lipinski definition) is 3. The van der Waals surface area contributed by atoms with E-state index in [1.165, 1.54) is 0 Å². The summed E-state index contributed by atoms with van der Waals surface area (Å²) in [6.45, 7) is 0.172. The van der Waals surface area contributed by atoms with Crippen molar-refractivity contribution in [3.63, 3.8) is 0 Å². The minimum absolute atomic E-state index is 0.172. The molecule has 3 rings (SSSR count). The van der Waals surface area contributed by atoms with Gasteiger partial charge in [0.05, 0.1) is 17.3 Å². The number of aromatic nitrogens is 3. The number of halogens is 3. The van der Waals surface area contributed by atoms with Crippen LogP contribution in [0, 0.1) is 0 Å². The molecule has 0 unspecified atom stereocenters. The van der Waals surface area contributed by atoms with E-state index < -0.39 is 17.6 Å². The molecule has 8 heteroatoms. The monoisotopic (exact) mass is 320 g/mol. The third-order valence-corrected chi connectivity index (χ3v) is 3.28. The maximum Gasteiger partial charge on any atom is 0.416 e. The van der Waals surface area contributed by atoms with Crippen LogP contribution in [0.1, 0.15) is 21.6 Å². The topological polar surface area (TPSA) is 70.7 Å². The smallest absolute Gasteiger partial charge is 0.347 e. The number of rotatable bonds is 3. The Bertz CT molecular complexity index is 857. The van der Waals surface area contributed by atoms with Crippen LogP contribution in [0.5, 0.6) is 0 Å². The summed E-state index contributed by atoms with van der Waals surface area (Å²) >= 11 is 0. The van der Waals surface area contributed by atoms with E-state index in [2.05, 4.69) is 20.5 Å². The highest BCUT2D eigenvalue weighted by Gasteiger charge is 2.31. The number of amides is 1. The first-order valence-corrected chi connectivity index (χ1v) is 6.67. The van der Waals surface area contributed by atoms with Crippen LogP contribution in [0.15, 0.2) is 42.7 Å². The van der Waals surface area contributed by atoms with E-state index in [-0.39, 0.29) is 12.2 Å². The molecule has 0 aliphatic carbocycles. The molecule has 2 N–H and O–H groups in total. The lowest BCUT2D eigenvalue weighted by molar-refractivity contribution is -0.137. The molecule has 1 amide bonds. The highest BCUT2D eigenvalue weighted by atomic mass is 19.4. The maximum absolute atomic E-state index is 12.6. The van der Waals surface area contributed by atoms with Crippen molar-refractivity contribution in [3.8, 4) is 0 Å². The maximum atomic E-state index is 12.6. The number of nitrogens with one attached hydrogen (secondary N) is 2. The Labute approximate surface area is 128 Å². The van der Waals surface area contributed by atoms with Crippen molar-refractivity contribution in [3.05, 3.63) is 59.5 Å². The number of H-pyrrole nitrogens is 1. The highest BCUT2D eigenvalue weighted by molar-refractivity contribution is 5.92. The Morgan fingerprint density at radius 1 is 1.22 bits per heavy atom. The van der Waals surface area contributed by atoms with Gasteiger partial charge in [0.25, 0.3) is 5.91 Å². The summed E-state index contributed by atoms with van der Waals surface area (Å²) in [5.74, 6) is -0.666. The van der Waals surface area contributed by atoms with Gasteiger partial charge in [0.1, 0.15) is 5.69 Å². The van der Waals surface area contributed by atoms with E-state index in [9.17, 15) is 18.0 Å². The fourth-order valence-corrected chi connectivity index (χ4v) is 2.10. The predicted octanol–water partition coefficient (Wildman–Crippen LogP) is 2.91. The zero-order chi connectivity index (χ0) is 16.4. The molecule has 0 atom stereocenters. The van der Waals surface area contributed by atoms with Crippen molar-refractivity contribution in [1.82, 2.24) is 20.5 Å². The molecule has 5 nitrogen and oxygen atoms in total. The number of benzene rings is 1. The third-order valence-electron chi connectivity index (χ3n) is 3.28. The van der Waals surface area contributed by atoms with Crippen LogP contribution >= 0.6 is 0 Å². The number of pyridine rings is 1. The fraction of sp³-hybridized carbons (Fsp3) is 0.133. The summed E-state index contributed by atoms with van der Waals surface area (Å²) in [6.07, 6.45) is -1.87. The van der Waals surface area contributed by atoms with Gasteiger partial charge in [0.15, 0.2) is 0 Å². The van der Waals surface area contributed by atoms with Crippen LogP contribution in [-0.2, 0) is 12.7 Å². The lowest BCUT2D eigenvalue weighted by Crippen LogP contribution is -2.24. The Hall–Kier alpha value is -2.90. The van der Waals surface area contributed by atoms with Crippen molar-refractivity contribution in [2.24, 2.45) is 0 Å². The minimum atomic E-state index is -4.51. The third kappa shape index (κ3) is 3.31. The molecule has 118 valence electrons. The number of hydrogen-bond donors (Lipinski definition) is 2. The summed E-state index contributed by atoms with van der Waals surface area (Å²) in [7, 11) is 0. The van der Waals surface area contributed by atoms with Gasteiger partial charge in [0, 0.05) is 18.1 Å². The quantitative estimate of drug-likeness (QED) is 0.779. The molecule has 23 heavy (non-hydrogen) atoms. The summed E-state index contributed by atoms with van der Waals surface area (Å²) in [5.41, 5.74) is 0.426. The largest absolute Gasteiger partial charge is 0.416 e. The van der Waals surface area contributed by atoms with Crippen LogP contribution < -0.4 is 5.32 Å². The van der Waals surface area contributed by atoms with E-state index in [4.69, 9.17) is 0 Å². The Balaban J connectivity index is 1.71. The van der Waals surface area contributed by atoms with Gasteiger partial charge in [-0.25, -0.2) is 0 Å². The predicted molar refractivity (Wildman–Crippen MR) is 76.5 cm³/mol. The first-order valence-electron chi connectivity index (χ1n) is 6.67. The molecule has 0 spiro atoms. The van der Waals surface area contributed by atoms with Crippen molar-refractivity contribution >= 4 is 16.8 Å². The van der Waals surface area contributed by atoms with Gasteiger partial charge in [-0.05, 0) is 23.8 Å². The lowest BCUT2D eigenvalue weighted by Gasteiger charge is -2.08. The summed E-state index contributed by atoms with van der Waals surface area (Å²) in [6, 6.07) is 7.00. The molecular weight excluding hydrogens is 309 g/mol. The highest BCUT2D eigenvalue weighted by Crippen LogP contribution is 2.28. The molecule has 0 aliphatic heterocycles. The molecule has 0 radical (unpaired) electrons. The minimum Gasteiger partial charge on any atom is -0.347 e. The molecule has 2 heterocycles. The molecule has 0 aliphatic rings. The van der Waals surface area contributed by atoms with Gasteiger partial charge in [-0.15, -0.1) is 0 Å². The Morgan fingerprint density at radius 2 is 2.04 bits per heavy atom. The van der Waals surface area contributed by atoms with Gasteiger partial charge in [0.2, 0.25) is 0 Å². The second-order valence-electron chi connectivity index (χ2n) is 4.90. The van der Waals surface area contributed by atoms with E-state index in [1.54, 1.807) is 12.3 Å². The molecule has 1 aromatic carbocycles. The SMILES string of the molecule is O=C(NCc1ccc2cn[nH]c2c1)c1cc(C(F)(F)F)ccn1. The van der Waals surface area contributed by atoms with E-state index in [1.807, 2.05) is 12.1 Å². The average Bonchev–Trinajstić information content (AvgIpc) is 2.99. The van der Waals surface area contributed by atoms with Gasteiger partial charge in [-0.2, -0.15) is 18.3 Å². The summed E-state index contributed by atoms with van der Waals surface area (Å²) < 4.78 is 37.9. The first-order chi connectivity index (χ1) is 10.9. The van der Waals surface area contributed by atoms with Crippen LogP contribution in [0.25, 0.3) is 10.9 Å².